The average Bonchev–Trinajstić information content (AvgIpc) is 2.23. The number of nitrogens with zero attached hydrogens (tertiary/aromatic N) is 1. The van der Waals surface area contributed by atoms with Gasteiger partial charge in [0.25, 0.3) is 5.56 Å². The maximum absolute atomic E-state index is 11.2. The zero-order valence-corrected chi connectivity index (χ0v) is 9.92. The van der Waals surface area contributed by atoms with E-state index in [1.807, 2.05) is 0 Å². The zero-order valence-electron chi connectivity index (χ0n) is 9.92. The van der Waals surface area contributed by atoms with Crippen molar-refractivity contribution in [2.24, 2.45) is 5.92 Å². The fourth-order valence-corrected chi connectivity index (χ4v) is 1.44. The molecule has 16 heavy (non-hydrogen) atoms. The molecule has 4 N–H and O–H groups in total. The van der Waals surface area contributed by atoms with Gasteiger partial charge in [0.15, 0.2) is 5.82 Å². The normalized spacial score (nSPS) is 10.7. The molecule has 0 radical (unpaired) electrons. The Hall–Kier alpha value is -1.52. The van der Waals surface area contributed by atoms with Crippen molar-refractivity contribution in [2.75, 3.05) is 17.6 Å². The Balaban J connectivity index is 2.32. The number of nitrogens with one attached hydrogen (secondary N) is 2. The van der Waals surface area contributed by atoms with Crippen molar-refractivity contribution in [1.29, 1.82) is 0 Å². The molecule has 0 saturated heterocycles. The molecule has 0 bridgehead atoms. The number of aromatic nitrogens is 2. The second-order valence-electron chi connectivity index (χ2n) is 4.31. The fraction of sp³-hybridized carbons (Fsp3) is 0.636. The summed E-state index contributed by atoms with van der Waals surface area (Å²) in [4.78, 5) is 17.6. The molecule has 0 aromatic carbocycles. The van der Waals surface area contributed by atoms with Gasteiger partial charge < -0.3 is 16.0 Å². The van der Waals surface area contributed by atoms with Gasteiger partial charge in [-0.2, -0.15) is 0 Å². The van der Waals surface area contributed by atoms with Gasteiger partial charge in [-0.05, 0) is 12.3 Å². The third-order valence-electron chi connectivity index (χ3n) is 2.39. The highest BCUT2D eigenvalue weighted by Crippen LogP contribution is 2.09. The Kier molecular flexibility index (Phi) is 4.82. The first kappa shape index (κ1) is 12.5. The van der Waals surface area contributed by atoms with Gasteiger partial charge in [-0.1, -0.05) is 26.7 Å². The van der Waals surface area contributed by atoms with E-state index in [4.69, 9.17) is 5.73 Å². The van der Waals surface area contributed by atoms with E-state index in [9.17, 15) is 4.79 Å². The average molecular weight is 224 g/mol. The first-order valence-electron chi connectivity index (χ1n) is 5.68. The molecule has 1 aromatic rings. The molecule has 5 heteroatoms. The summed E-state index contributed by atoms with van der Waals surface area (Å²) in [5, 5.41) is 3.07. The van der Waals surface area contributed by atoms with Crippen LogP contribution in [0.1, 0.15) is 33.1 Å². The summed E-state index contributed by atoms with van der Waals surface area (Å²) < 4.78 is 0. The van der Waals surface area contributed by atoms with Crippen molar-refractivity contribution in [3.63, 3.8) is 0 Å². The summed E-state index contributed by atoms with van der Waals surface area (Å²) in [6.07, 6.45) is 4.81. The van der Waals surface area contributed by atoms with Gasteiger partial charge in [-0.25, -0.2) is 4.98 Å². The van der Waals surface area contributed by atoms with Crippen LogP contribution in [0.2, 0.25) is 0 Å². The van der Waals surface area contributed by atoms with Crippen LogP contribution in [-0.4, -0.2) is 16.5 Å². The van der Waals surface area contributed by atoms with Crippen molar-refractivity contribution in [3.05, 3.63) is 16.7 Å². The van der Waals surface area contributed by atoms with Crippen LogP contribution in [0.5, 0.6) is 0 Å². The monoisotopic (exact) mass is 224 g/mol. The Morgan fingerprint density at radius 1 is 1.50 bits per heavy atom. The minimum Gasteiger partial charge on any atom is -0.391 e. The zero-order chi connectivity index (χ0) is 12.0. The van der Waals surface area contributed by atoms with E-state index in [1.54, 1.807) is 0 Å². The number of nitrogen functional groups attached to an aromatic ring is 1. The second-order valence-corrected chi connectivity index (χ2v) is 4.31. The van der Waals surface area contributed by atoms with Crippen LogP contribution < -0.4 is 16.6 Å². The second kappa shape index (κ2) is 6.15. The minimum absolute atomic E-state index is 0.159. The number of nitrogens with two attached hydrogens (primary N) is 1. The molecule has 0 spiro atoms. The molecule has 0 fully saturated rings. The van der Waals surface area contributed by atoms with Crippen molar-refractivity contribution in [3.8, 4) is 0 Å². The van der Waals surface area contributed by atoms with Crippen LogP contribution in [0.3, 0.4) is 0 Å². The van der Waals surface area contributed by atoms with Gasteiger partial charge in [-0.15, -0.1) is 0 Å². The minimum atomic E-state index is -0.292. The van der Waals surface area contributed by atoms with Gasteiger partial charge in [0, 0.05) is 6.54 Å². The summed E-state index contributed by atoms with van der Waals surface area (Å²) >= 11 is 0. The molecule has 5 nitrogen and oxygen atoms in total. The smallest absolute Gasteiger partial charge is 0.276 e. The van der Waals surface area contributed by atoms with Crippen LogP contribution in [-0.2, 0) is 0 Å². The molecule has 1 rings (SSSR count). The molecule has 1 heterocycles. The molecule has 0 unspecified atom stereocenters. The van der Waals surface area contributed by atoms with Crippen LogP contribution in [0.15, 0.2) is 11.1 Å². The van der Waals surface area contributed by atoms with Gasteiger partial charge in [0.2, 0.25) is 0 Å². The van der Waals surface area contributed by atoms with Crippen LogP contribution in [0.4, 0.5) is 11.5 Å². The largest absolute Gasteiger partial charge is 0.391 e. The first-order valence-corrected chi connectivity index (χ1v) is 5.68. The predicted octanol–water partition coefficient (Wildman–Crippen LogP) is 1.59. The third kappa shape index (κ3) is 3.92. The maximum atomic E-state index is 11.2. The highest BCUT2D eigenvalue weighted by molar-refractivity contribution is 5.58. The molecule has 0 aliphatic carbocycles. The number of aromatic amines is 1. The standard InChI is InChI=1S/C11H20N4O/c1-8(2)5-3-4-6-13-10-9(12)11(16)15-7-14-10/h7-8H,3-6,12H2,1-2H3,(H2,13,14,15,16). The maximum Gasteiger partial charge on any atom is 0.276 e. The van der Waals surface area contributed by atoms with Gasteiger partial charge in [0.1, 0.15) is 5.69 Å². The van der Waals surface area contributed by atoms with Crippen molar-refractivity contribution >= 4 is 11.5 Å². The molecule has 0 aliphatic heterocycles. The van der Waals surface area contributed by atoms with Crippen LogP contribution >= 0.6 is 0 Å². The van der Waals surface area contributed by atoms with Crippen molar-refractivity contribution in [1.82, 2.24) is 9.97 Å². The van der Waals surface area contributed by atoms with Crippen LogP contribution in [0, 0.1) is 5.92 Å². The van der Waals surface area contributed by atoms with Gasteiger partial charge >= 0.3 is 0 Å². The number of rotatable bonds is 6. The Morgan fingerprint density at radius 3 is 2.94 bits per heavy atom. The summed E-state index contributed by atoms with van der Waals surface area (Å²) in [6, 6.07) is 0. The Labute approximate surface area is 95.5 Å². The third-order valence-corrected chi connectivity index (χ3v) is 2.39. The topological polar surface area (TPSA) is 83.8 Å². The number of hydrogen-bond donors (Lipinski definition) is 3. The SMILES string of the molecule is CC(C)CCCCNc1nc[nH]c(=O)c1N. The summed E-state index contributed by atoms with van der Waals surface area (Å²) in [6.45, 7) is 5.22. The van der Waals surface area contributed by atoms with Crippen LogP contribution in [0.25, 0.3) is 0 Å². The van der Waals surface area contributed by atoms with Gasteiger partial charge in [0.05, 0.1) is 6.33 Å². The van der Waals surface area contributed by atoms with E-state index in [0.717, 1.165) is 18.9 Å². The van der Waals surface area contributed by atoms with E-state index in [0.29, 0.717) is 5.82 Å². The quantitative estimate of drug-likeness (QED) is 0.641. The molecule has 0 atom stereocenters. The number of unbranched alkanes of at least 4 members (excludes halogenated alkanes) is 1. The molecule has 1 aromatic heterocycles. The predicted molar refractivity (Wildman–Crippen MR) is 66.4 cm³/mol. The fourth-order valence-electron chi connectivity index (χ4n) is 1.44. The molecular weight excluding hydrogens is 204 g/mol. The lowest BCUT2D eigenvalue weighted by Gasteiger charge is -2.07. The highest BCUT2D eigenvalue weighted by Gasteiger charge is 2.02. The summed E-state index contributed by atoms with van der Waals surface area (Å²) in [5.41, 5.74) is 5.44. The highest BCUT2D eigenvalue weighted by atomic mass is 16.1. The lowest BCUT2D eigenvalue weighted by atomic mass is 10.1. The van der Waals surface area contributed by atoms with E-state index in [-0.39, 0.29) is 11.2 Å². The van der Waals surface area contributed by atoms with Crippen molar-refractivity contribution in [2.45, 2.75) is 33.1 Å². The molecule has 90 valence electrons. The van der Waals surface area contributed by atoms with E-state index in [2.05, 4.69) is 29.1 Å². The van der Waals surface area contributed by atoms with Gasteiger partial charge in [-0.3, -0.25) is 4.79 Å². The van der Waals surface area contributed by atoms with E-state index in [1.165, 1.54) is 19.2 Å². The lowest BCUT2D eigenvalue weighted by Crippen LogP contribution is -2.16. The molecule has 0 saturated carbocycles. The number of H-pyrrole nitrogens is 1. The Morgan fingerprint density at radius 2 is 2.25 bits per heavy atom. The molecular formula is C11H20N4O. The van der Waals surface area contributed by atoms with Crippen molar-refractivity contribution < 1.29 is 0 Å². The number of anilines is 2. The first-order chi connectivity index (χ1) is 7.61. The summed E-state index contributed by atoms with van der Waals surface area (Å²) in [5.74, 6) is 1.22. The molecule has 0 amide bonds. The summed E-state index contributed by atoms with van der Waals surface area (Å²) in [7, 11) is 0. The lowest BCUT2D eigenvalue weighted by molar-refractivity contribution is 0.544. The van der Waals surface area contributed by atoms with E-state index < -0.39 is 0 Å². The number of hydrogen-bond acceptors (Lipinski definition) is 4. The molecule has 0 aliphatic rings. The Bertz CT molecular complexity index is 372. The van der Waals surface area contributed by atoms with E-state index >= 15 is 0 Å².